The van der Waals surface area contributed by atoms with Crippen LogP contribution in [0.3, 0.4) is 0 Å². The first kappa shape index (κ1) is 28.5. The summed E-state index contributed by atoms with van der Waals surface area (Å²) in [6.45, 7) is 2.03. The van der Waals surface area contributed by atoms with E-state index in [1.807, 2.05) is 25.3 Å². The molecule has 0 N–H and O–H groups in total. The molecule has 0 saturated carbocycles. The first-order chi connectivity index (χ1) is 23.2. The van der Waals surface area contributed by atoms with Gasteiger partial charge in [-0.2, -0.15) is 0 Å². The van der Waals surface area contributed by atoms with Gasteiger partial charge >= 0.3 is 0 Å². The number of nitrogens with zero attached hydrogens (tertiary/aromatic N) is 3. The van der Waals surface area contributed by atoms with Crippen LogP contribution >= 0.6 is 0 Å². The second-order valence-corrected chi connectivity index (χ2v) is 12.1. The Bertz CT molecular complexity index is 2190. The van der Waals surface area contributed by atoms with Crippen molar-refractivity contribution in [3.05, 3.63) is 169 Å². The van der Waals surface area contributed by atoms with E-state index in [1.54, 1.807) is 0 Å². The Balaban J connectivity index is 1.33. The van der Waals surface area contributed by atoms with Crippen LogP contribution in [-0.2, 0) is 6.42 Å². The van der Waals surface area contributed by atoms with Crippen molar-refractivity contribution in [2.24, 2.45) is 0 Å². The van der Waals surface area contributed by atoms with Crippen molar-refractivity contribution in [1.29, 1.82) is 0 Å². The highest BCUT2D eigenvalue weighted by Crippen LogP contribution is 2.36. The monoisotopic (exact) mass is 603 g/mol. The van der Waals surface area contributed by atoms with Gasteiger partial charge in [0.05, 0.1) is 11.4 Å². The summed E-state index contributed by atoms with van der Waals surface area (Å²) in [6.07, 6.45) is 8.58. The van der Waals surface area contributed by atoms with Gasteiger partial charge in [0.15, 0.2) is 5.82 Å². The van der Waals surface area contributed by atoms with Crippen molar-refractivity contribution in [2.75, 3.05) is 0 Å². The Morgan fingerprint density at radius 3 is 1.72 bits per heavy atom. The van der Waals surface area contributed by atoms with Gasteiger partial charge in [0.2, 0.25) is 0 Å². The molecule has 47 heavy (non-hydrogen) atoms. The van der Waals surface area contributed by atoms with Crippen LogP contribution in [0.5, 0.6) is 0 Å². The number of hydrogen-bond donors (Lipinski definition) is 0. The van der Waals surface area contributed by atoms with Crippen molar-refractivity contribution < 1.29 is 0 Å². The number of allylic oxidation sites excluding steroid dienone is 1. The summed E-state index contributed by atoms with van der Waals surface area (Å²) in [5.74, 6) is 0.701. The fourth-order valence-corrected chi connectivity index (χ4v) is 6.39. The molecule has 7 aromatic rings. The van der Waals surface area contributed by atoms with Gasteiger partial charge in [0, 0.05) is 28.6 Å². The number of rotatable bonds is 6. The van der Waals surface area contributed by atoms with E-state index in [9.17, 15) is 0 Å². The van der Waals surface area contributed by atoms with Gasteiger partial charge in [-0.25, -0.2) is 9.97 Å². The first-order valence-electron chi connectivity index (χ1n) is 16.1. The number of aryl methyl sites for hydroxylation is 2. The summed E-state index contributed by atoms with van der Waals surface area (Å²) in [4.78, 5) is 14.8. The maximum atomic E-state index is 5.18. The van der Waals surface area contributed by atoms with Crippen LogP contribution in [-0.4, -0.2) is 15.0 Å². The summed E-state index contributed by atoms with van der Waals surface area (Å²) in [7, 11) is 0. The third-order valence-corrected chi connectivity index (χ3v) is 8.84. The molecule has 0 spiro atoms. The second-order valence-electron chi connectivity index (χ2n) is 12.1. The number of fused-ring (bicyclic) bond motifs is 1. The third kappa shape index (κ3) is 6.04. The number of pyridine rings is 1. The van der Waals surface area contributed by atoms with Crippen LogP contribution in [0.4, 0.5) is 0 Å². The van der Waals surface area contributed by atoms with E-state index in [1.165, 1.54) is 16.7 Å². The Labute approximate surface area is 276 Å². The molecule has 0 unspecified atom stereocenters. The van der Waals surface area contributed by atoms with E-state index in [2.05, 4.69) is 145 Å². The lowest BCUT2D eigenvalue weighted by Gasteiger charge is -2.15. The lowest BCUT2D eigenvalue weighted by atomic mass is 9.90. The first-order valence-corrected chi connectivity index (χ1v) is 16.1. The molecular weight excluding hydrogens is 571 g/mol. The molecule has 0 aliphatic heterocycles. The average Bonchev–Trinajstić information content (AvgIpc) is 3.15. The molecule has 2 heterocycles. The molecule has 0 radical (unpaired) electrons. The minimum absolute atomic E-state index is 0.701. The lowest BCUT2D eigenvalue weighted by Crippen LogP contribution is -1.97. The lowest BCUT2D eigenvalue weighted by molar-refractivity contribution is 0.986. The SMILES string of the molecule is Cc1cc(-c2cccc(-c3cc(-c4ccc5c(c4)C=CCC5)cc(-c4nc(-c5ccccc5)cc(-c5ccccc5)n4)c3)c2)ccn1. The highest BCUT2D eigenvalue weighted by Gasteiger charge is 2.15. The zero-order valence-corrected chi connectivity index (χ0v) is 26.3. The van der Waals surface area contributed by atoms with Gasteiger partial charge in [-0.1, -0.05) is 103 Å². The Kier molecular flexibility index (Phi) is 7.56. The zero-order chi connectivity index (χ0) is 31.6. The molecule has 1 aliphatic rings. The molecule has 0 atom stereocenters. The van der Waals surface area contributed by atoms with E-state index in [0.717, 1.165) is 74.4 Å². The predicted octanol–water partition coefficient (Wildman–Crippen LogP) is 11.1. The molecule has 5 aromatic carbocycles. The largest absolute Gasteiger partial charge is 0.262 e. The Hall–Kier alpha value is -5.93. The Morgan fingerprint density at radius 1 is 0.468 bits per heavy atom. The fourth-order valence-electron chi connectivity index (χ4n) is 6.39. The van der Waals surface area contributed by atoms with Crippen molar-refractivity contribution in [3.63, 3.8) is 0 Å². The molecule has 0 fully saturated rings. The molecule has 3 nitrogen and oxygen atoms in total. The van der Waals surface area contributed by atoms with Gasteiger partial charge in [-0.05, 0) is 113 Å². The van der Waals surface area contributed by atoms with Crippen molar-refractivity contribution in [1.82, 2.24) is 15.0 Å². The smallest absolute Gasteiger partial charge is 0.160 e. The minimum Gasteiger partial charge on any atom is -0.262 e. The average molecular weight is 604 g/mol. The maximum absolute atomic E-state index is 5.18. The van der Waals surface area contributed by atoms with E-state index >= 15 is 0 Å². The quantitative estimate of drug-likeness (QED) is 0.190. The molecule has 2 aromatic heterocycles. The summed E-state index contributed by atoms with van der Waals surface area (Å²) in [6, 6.07) is 49.4. The van der Waals surface area contributed by atoms with Gasteiger partial charge in [-0.3, -0.25) is 4.98 Å². The molecule has 224 valence electrons. The summed E-state index contributed by atoms with van der Waals surface area (Å²) in [5.41, 5.74) is 15.5. The summed E-state index contributed by atoms with van der Waals surface area (Å²) < 4.78 is 0. The third-order valence-electron chi connectivity index (χ3n) is 8.84. The summed E-state index contributed by atoms with van der Waals surface area (Å²) in [5, 5.41) is 0. The van der Waals surface area contributed by atoms with Gasteiger partial charge < -0.3 is 0 Å². The zero-order valence-electron chi connectivity index (χ0n) is 26.3. The van der Waals surface area contributed by atoms with E-state index in [4.69, 9.17) is 9.97 Å². The highest BCUT2D eigenvalue weighted by molar-refractivity contribution is 5.83. The standard InChI is InChI=1S/C44H33N3/c1-30-23-38(21-22-45-30)35-17-10-18-36(25-35)39-26-40(37-20-19-31-11-8-9-16-34(31)24-37)28-41(27-39)44-46-42(32-12-4-2-5-13-32)29-43(47-44)33-14-6-3-7-15-33/h2-7,9-10,12-29H,8,11H2,1H3. The van der Waals surface area contributed by atoms with Crippen molar-refractivity contribution >= 4 is 6.08 Å². The van der Waals surface area contributed by atoms with Crippen molar-refractivity contribution in [2.45, 2.75) is 19.8 Å². The van der Waals surface area contributed by atoms with E-state index in [-0.39, 0.29) is 0 Å². The van der Waals surface area contributed by atoms with Crippen molar-refractivity contribution in [3.8, 4) is 67.3 Å². The number of hydrogen-bond acceptors (Lipinski definition) is 3. The van der Waals surface area contributed by atoms with Crippen LogP contribution in [0, 0.1) is 6.92 Å². The number of benzene rings is 5. The van der Waals surface area contributed by atoms with Crippen LogP contribution in [0.2, 0.25) is 0 Å². The maximum Gasteiger partial charge on any atom is 0.160 e. The second kappa shape index (κ2) is 12.5. The predicted molar refractivity (Wildman–Crippen MR) is 195 cm³/mol. The molecule has 0 bridgehead atoms. The van der Waals surface area contributed by atoms with Gasteiger partial charge in [-0.15, -0.1) is 0 Å². The molecule has 0 amide bonds. The van der Waals surface area contributed by atoms with Gasteiger partial charge in [0.1, 0.15) is 0 Å². The highest BCUT2D eigenvalue weighted by atomic mass is 14.9. The Morgan fingerprint density at radius 2 is 1.04 bits per heavy atom. The fraction of sp³-hybridized carbons (Fsp3) is 0.0682. The van der Waals surface area contributed by atoms with Gasteiger partial charge in [0.25, 0.3) is 0 Å². The topological polar surface area (TPSA) is 38.7 Å². The molecule has 8 rings (SSSR count). The van der Waals surface area contributed by atoms with E-state index < -0.39 is 0 Å². The van der Waals surface area contributed by atoms with E-state index in [0.29, 0.717) is 5.82 Å². The summed E-state index contributed by atoms with van der Waals surface area (Å²) >= 11 is 0. The minimum atomic E-state index is 0.701. The molecule has 0 saturated heterocycles. The van der Waals surface area contributed by atoms with Crippen LogP contribution < -0.4 is 0 Å². The molecule has 1 aliphatic carbocycles. The normalized spacial score (nSPS) is 12.1. The molecule has 3 heteroatoms. The molecular formula is C44H33N3. The van der Waals surface area contributed by atoms with Crippen LogP contribution in [0.15, 0.2) is 152 Å². The van der Waals surface area contributed by atoms with Crippen LogP contribution in [0.25, 0.3) is 73.4 Å². The van der Waals surface area contributed by atoms with Crippen LogP contribution in [0.1, 0.15) is 23.2 Å². The number of aromatic nitrogens is 3.